The van der Waals surface area contributed by atoms with Crippen molar-refractivity contribution >= 4 is 16.9 Å². The average Bonchev–Trinajstić information content (AvgIpc) is 2.47. The van der Waals surface area contributed by atoms with Crippen LogP contribution in [0.1, 0.15) is 36.7 Å². The summed E-state index contributed by atoms with van der Waals surface area (Å²) < 4.78 is 5.61. The Hall–Kier alpha value is -2.10. The molecule has 1 fully saturated rings. The first-order chi connectivity index (χ1) is 9.66. The highest BCUT2D eigenvalue weighted by Crippen LogP contribution is 2.20. The van der Waals surface area contributed by atoms with Crippen LogP contribution in [0.2, 0.25) is 0 Å². The van der Waals surface area contributed by atoms with Gasteiger partial charge in [-0.1, -0.05) is 12.1 Å². The number of benzene rings is 1. The third kappa shape index (κ3) is 2.22. The lowest BCUT2D eigenvalue weighted by Gasteiger charge is -2.32. The number of carbonyl (C=O) groups excluding carboxylic acids is 1. The van der Waals surface area contributed by atoms with Crippen LogP contribution in [-0.2, 0) is 0 Å². The van der Waals surface area contributed by atoms with Gasteiger partial charge in [-0.25, -0.2) is 0 Å². The van der Waals surface area contributed by atoms with Crippen molar-refractivity contribution in [3.63, 3.8) is 0 Å². The number of amides is 1. The molecule has 0 aliphatic carbocycles. The SMILES string of the molecule is C[C@@H]1CCCCN1C(=O)c1cc(=O)c2ccccc2o1. The molecule has 1 aromatic heterocycles. The van der Waals surface area contributed by atoms with E-state index in [1.54, 1.807) is 29.2 Å². The number of likely N-dealkylation sites (tertiary alicyclic amines) is 1. The topological polar surface area (TPSA) is 50.5 Å². The summed E-state index contributed by atoms with van der Waals surface area (Å²) in [6.45, 7) is 2.77. The van der Waals surface area contributed by atoms with Gasteiger partial charge in [0.15, 0.2) is 11.2 Å². The molecule has 1 amide bonds. The van der Waals surface area contributed by atoms with E-state index in [0.717, 1.165) is 25.8 Å². The molecule has 4 nitrogen and oxygen atoms in total. The van der Waals surface area contributed by atoms with Crippen molar-refractivity contribution in [1.82, 2.24) is 4.90 Å². The van der Waals surface area contributed by atoms with Gasteiger partial charge in [-0.05, 0) is 38.3 Å². The molecule has 1 aromatic carbocycles. The van der Waals surface area contributed by atoms with Gasteiger partial charge in [0.2, 0.25) is 0 Å². The maximum Gasteiger partial charge on any atom is 0.289 e. The van der Waals surface area contributed by atoms with E-state index in [1.165, 1.54) is 6.07 Å². The molecule has 0 unspecified atom stereocenters. The molecule has 0 saturated carbocycles. The van der Waals surface area contributed by atoms with Gasteiger partial charge in [0, 0.05) is 18.7 Å². The smallest absolute Gasteiger partial charge is 0.289 e. The number of nitrogens with zero attached hydrogens (tertiary/aromatic N) is 1. The number of piperidine rings is 1. The van der Waals surface area contributed by atoms with Crippen LogP contribution in [0.4, 0.5) is 0 Å². The monoisotopic (exact) mass is 271 g/mol. The molecule has 0 N–H and O–H groups in total. The summed E-state index contributed by atoms with van der Waals surface area (Å²) in [5.41, 5.74) is 0.299. The predicted molar refractivity (Wildman–Crippen MR) is 76.8 cm³/mol. The molecule has 0 radical (unpaired) electrons. The van der Waals surface area contributed by atoms with Crippen LogP contribution in [0, 0.1) is 0 Å². The third-order valence-corrected chi connectivity index (χ3v) is 3.91. The van der Waals surface area contributed by atoms with E-state index in [0.29, 0.717) is 11.0 Å². The van der Waals surface area contributed by atoms with Crippen molar-refractivity contribution in [2.45, 2.75) is 32.2 Å². The summed E-state index contributed by atoms with van der Waals surface area (Å²) in [6, 6.07) is 8.52. The Morgan fingerprint density at radius 1 is 1.30 bits per heavy atom. The van der Waals surface area contributed by atoms with E-state index in [1.807, 2.05) is 6.92 Å². The van der Waals surface area contributed by atoms with Crippen molar-refractivity contribution in [3.8, 4) is 0 Å². The Morgan fingerprint density at radius 2 is 2.10 bits per heavy atom. The number of rotatable bonds is 1. The lowest BCUT2D eigenvalue weighted by Crippen LogP contribution is -2.42. The number of hydrogen-bond donors (Lipinski definition) is 0. The van der Waals surface area contributed by atoms with Crippen LogP contribution in [-0.4, -0.2) is 23.4 Å². The minimum absolute atomic E-state index is 0.141. The Labute approximate surface area is 117 Å². The first kappa shape index (κ1) is 12.9. The molecule has 104 valence electrons. The Balaban J connectivity index is 2.01. The number of fused-ring (bicyclic) bond motifs is 1. The summed E-state index contributed by atoms with van der Waals surface area (Å²) in [4.78, 5) is 26.3. The van der Waals surface area contributed by atoms with Crippen LogP contribution in [0.15, 0.2) is 39.5 Å². The van der Waals surface area contributed by atoms with Gasteiger partial charge in [0.25, 0.3) is 5.91 Å². The minimum Gasteiger partial charge on any atom is -0.451 e. The van der Waals surface area contributed by atoms with Crippen molar-refractivity contribution in [1.29, 1.82) is 0 Å². The summed E-state index contributed by atoms with van der Waals surface area (Å²) in [5.74, 6) is -0.0393. The van der Waals surface area contributed by atoms with Gasteiger partial charge in [-0.2, -0.15) is 0 Å². The van der Waals surface area contributed by atoms with E-state index in [-0.39, 0.29) is 23.1 Å². The Bertz CT molecular complexity index is 704. The van der Waals surface area contributed by atoms with Gasteiger partial charge in [0.05, 0.1) is 5.39 Å². The molecule has 20 heavy (non-hydrogen) atoms. The first-order valence-corrected chi connectivity index (χ1v) is 7.00. The Kier molecular flexibility index (Phi) is 3.30. The molecule has 2 heterocycles. The lowest BCUT2D eigenvalue weighted by molar-refractivity contribution is 0.0603. The molecule has 1 atom stereocenters. The van der Waals surface area contributed by atoms with Gasteiger partial charge in [0.1, 0.15) is 5.58 Å². The molecule has 1 aliphatic rings. The van der Waals surface area contributed by atoms with Gasteiger partial charge in [-0.3, -0.25) is 9.59 Å². The molecule has 4 heteroatoms. The lowest BCUT2D eigenvalue weighted by atomic mass is 10.0. The van der Waals surface area contributed by atoms with E-state index in [2.05, 4.69) is 0 Å². The van der Waals surface area contributed by atoms with Crippen molar-refractivity contribution in [2.24, 2.45) is 0 Å². The van der Waals surface area contributed by atoms with Crippen molar-refractivity contribution in [2.75, 3.05) is 6.54 Å². The van der Waals surface area contributed by atoms with E-state index >= 15 is 0 Å². The van der Waals surface area contributed by atoms with E-state index < -0.39 is 0 Å². The van der Waals surface area contributed by atoms with E-state index in [9.17, 15) is 9.59 Å². The van der Waals surface area contributed by atoms with Crippen LogP contribution in [0.5, 0.6) is 0 Å². The molecule has 3 rings (SSSR count). The zero-order valence-electron chi connectivity index (χ0n) is 11.5. The summed E-state index contributed by atoms with van der Waals surface area (Å²) >= 11 is 0. The summed E-state index contributed by atoms with van der Waals surface area (Å²) in [6.07, 6.45) is 3.16. The maximum absolute atomic E-state index is 12.5. The highest BCUT2D eigenvalue weighted by Gasteiger charge is 2.26. The fourth-order valence-corrected chi connectivity index (χ4v) is 2.75. The normalized spacial score (nSPS) is 19.2. The third-order valence-electron chi connectivity index (χ3n) is 3.91. The highest BCUT2D eigenvalue weighted by molar-refractivity contribution is 5.93. The number of carbonyl (C=O) groups is 1. The molecular formula is C16H17NO3. The van der Waals surface area contributed by atoms with Crippen LogP contribution in [0.25, 0.3) is 11.0 Å². The summed E-state index contributed by atoms with van der Waals surface area (Å²) in [7, 11) is 0. The summed E-state index contributed by atoms with van der Waals surface area (Å²) in [5, 5.41) is 0.510. The van der Waals surface area contributed by atoms with Crippen molar-refractivity contribution in [3.05, 3.63) is 46.3 Å². The maximum atomic E-state index is 12.5. The van der Waals surface area contributed by atoms with Gasteiger partial charge in [-0.15, -0.1) is 0 Å². The quantitative estimate of drug-likeness (QED) is 0.801. The molecular weight excluding hydrogens is 254 g/mol. The standard InChI is InChI=1S/C16H17NO3/c1-11-6-4-5-9-17(11)16(19)15-10-13(18)12-7-2-3-8-14(12)20-15/h2-3,7-8,10-11H,4-6,9H2,1H3/t11-/m1/s1. The Morgan fingerprint density at radius 3 is 2.90 bits per heavy atom. The second-order valence-electron chi connectivity index (χ2n) is 5.31. The molecule has 1 aliphatic heterocycles. The molecule has 2 aromatic rings. The second kappa shape index (κ2) is 5.12. The van der Waals surface area contributed by atoms with Crippen LogP contribution in [0.3, 0.4) is 0 Å². The van der Waals surface area contributed by atoms with Gasteiger partial charge >= 0.3 is 0 Å². The molecule has 1 saturated heterocycles. The first-order valence-electron chi connectivity index (χ1n) is 7.00. The predicted octanol–water partition coefficient (Wildman–Crippen LogP) is 2.81. The van der Waals surface area contributed by atoms with Gasteiger partial charge < -0.3 is 9.32 Å². The second-order valence-corrected chi connectivity index (χ2v) is 5.31. The zero-order chi connectivity index (χ0) is 14.1. The van der Waals surface area contributed by atoms with E-state index in [4.69, 9.17) is 4.42 Å². The number of hydrogen-bond acceptors (Lipinski definition) is 3. The zero-order valence-corrected chi connectivity index (χ0v) is 11.5. The van der Waals surface area contributed by atoms with Crippen LogP contribution < -0.4 is 5.43 Å². The van der Waals surface area contributed by atoms with Crippen molar-refractivity contribution < 1.29 is 9.21 Å². The largest absolute Gasteiger partial charge is 0.451 e. The number of para-hydroxylation sites is 1. The van der Waals surface area contributed by atoms with Crippen LogP contribution >= 0.6 is 0 Å². The fourth-order valence-electron chi connectivity index (χ4n) is 2.75. The minimum atomic E-state index is -0.181. The molecule has 0 bridgehead atoms. The highest BCUT2D eigenvalue weighted by atomic mass is 16.3. The fraction of sp³-hybridized carbons (Fsp3) is 0.375. The average molecular weight is 271 g/mol. The molecule has 0 spiro atoms.